The SMILES string of the molecule is COc1nn(CC(C)(C)O)cc1-n1cc2c(-c3nc(-c4ccc(C(N)=O)cc4OC(F)(F)F)n(C)c3C3CC3)cccc2n1. The van der Waals surface area contributed by atoms with Gasteiger partial charge in [-0.15, -0.1) is 18.3 Å². The molecule has 1 fully saturated rings. The molecule has 11 nitrogen and oxygen atoms in total. The van der Waals surface area contributed by atoms with Crippen molar-refractivity contribution in [2.75, 3.05) is 7.11 Å². The van der Waals surface area contributed by atoms with Gasteiger partial charge in [0.1, 0.15) is 17.3 Å². The van der Waals surface area contributed by atoms with Crippen molar-refractivity contribution in [2.45, 2.75) is 51.1 Å². The number of nitrogens with two attached hydrogens (primary N) is 1. The lowest BCUT2D eigenvalue weighted by Crippen LogP contribution is -2.26. The van der Waals surface area contributed by atoms with Crippen molar-refractivity contribution in [1.82, 2.24) is 29.1 Å². The van der Waals surface area contributed by atoms with E-state index in [1.807, 2.05) is 24.4 Å². The fourth-order valence-electron chi connectivity index (χ4n) is 5.39. The summed E-state index contributed by atoms with van der Waals surface area (Å²) in [5.41, 5.74) is 7.71. The van der Waals surface area contributed by atoms with Crippen molar-refractivity contribution in [3.63, 3.8) is 0 Å². The highest BCUT2D eigenvalue weighted by Crippen LogP contribution is 2.47. The van der Waals surface area contributed by atoms with Crippen molar-refractivity contribution in [2.24, 2.45) is 12.8 Å². The molecule has 0 bridgehead atoms. The smallest absolute Gasteiger partial charge is 0.478 e. The number of carbonyl (C=O) groups is 1. The van der Waals surface area contributed by atoms with E-state index < -0.39 is 23.6 Å². The Balaban J connectivity index is 1.50. The lowest BCUT2D eigenvalue weighted by molar-refractivity contribution is -0.274. The normalized spacial score (nSPS) is 13.9. The first-order valence-corrected chi connectivity index (χ1v) is 13.8. The summed E-state index contributed by atoms with van der Waals surface area (Å²) in [5, 5.41) is 20.2. The van der Waals surface area contributed by atoms with Gasteiger partial charge in [0.15, 0.2) is 0 Å². The second-order valence-corrected chi connectivity index (χ2v) is 11.5. The second kappa shape index (κ2) is 10.4. The van der Waals surface area contributed by atoms with E-state index in [0.717, 1.165) is 35.6 Å². The molecule has 6 rings (SSSR count). The number of fused-ring (bicyclic) bond motifs is 1. The Bertz CT molecular complexity index is 1890. The van der Waals surface area contributed by atoms with E-state index in [1.165, 1.54) is 19.2 Å². The zero-order valence-corrected chi connectivity index (χ0v) is 24.4. The molecule has 3 heterocycles. The second-order valence-electron chi connectivity index (χ2n) is 11.5. The maximum Gasteiger partial charge on any atom is 0.573 e. The number of nitrogens with zero attached hydrogens (tertiary/aromatic N) is 6. The van der Waals surface area contributed by atoms with Crippen LogP contribution in [0.5, 0.6) is 11.6 Å². The fraction of sp³-hybridized carbons (Fsp3) is 0.333. The summed E-state index contributed by atoms with van der Waals surface area (Å²) in [6.45, 7) is 3.59. The number of hydrogen-bond acceptors (Lipinski definition) is 7. The van der Waals surface area contributed by atoms with Gasteiger partial charge < -0.3 is 24.9 Å². The fourth-order valence-corrected chi connectivity index (χ4v) is 5.39. The molecule has 1 amide bonds. The molecule has 14 heteroatoms. The van der Waals surface area contributed by atoms with Gasteiger partial charge in [0.2, 0.25) is 5.91 Å². The molecule has 230 valence electrons. The largest absolute Gasteiger partial charge is 0.573 e. The molecule has 0 saturated heterocycles. The first-order valence-electron chi connectivity index (χ1n) is 13.8. The van der Waals surface area contributed by atoms with Crippen molar-refractivity contribution in [3.05, 3.63) is 60.0 Å². The summed E-state index contributed by atoms with van der Waals surface area (Å²) in [7, 11) is 3.25. The average Bonchev–Trinajstić information content (AvgIpc) is 3.38. The molecule has 2 aromatic carbocycles. The van der Waals surface area contributed by atoms with Crippen LogP contribution in [-0.2, 0) is 13.6 Å². The number of imidazole rings is 1. The van der Waals surface area contributed by atoms with Gasteiger partial charge in [-0.25, -0.2) is 9.67 Å². The third-order valence-corrected chi connectivity index (χ3v) is 7.34. The van der Waals surface area contributed by atoms with E-state index >= 15 is 0 Å². The van der Waals surface area contributed by atoms with Crippen LogP contribution in [0.15, 0.2) is 48.8 Å². The number of aliphatic hydroxyl groups is 1. The van der Waals surface area contributed by atoms with Gasteiger partial charge in [0, 0.05) is 41.4 Å². The van der Waals surface area contributed by atoms with Crippen molar-refractivity contribution < 1.29 is 32.5 Å². The molecule has 44 heavy (non-hydrogen) atoms. The first-order chi connectivity index (χ1) is 20.7. The minimum absolute atomic E-state index is 0.0646. The molecule has 1 saturated carbocycles. The number of methoxy groups -OCH3 is 1. The van der Waals surface area contributed by atoms with Crippen LogP contribution < -0.4 is 15.2 Å². The minimum atomic E-state index is -5.00. The third kappa shape index (κ3) is 5.60. The number of primary amides is 1. The van der Waals surface area contributed by atoms with Crippen LogP contribution in [0.4, 0.5) is 13.2 Å². The van der Waals surface area contributed by atoms with E-state index in [2.05, 4.69) is 9.84 Å². The summed E-state index contributed by atoms with van der Waals surface area (Å²) in [4.78, 5) is 16.6. The minimum Gasteiger partial charge on any atom is -0.478 e. The topological polar surface area (TPSA) is 135 Å². The van der Waals surface area contributed by atoms with Gasteiger partial charge in [0.25, 0.3) is 5.88 Å². The molecule has 3 N–H and O–H groups in total. The van der Waals surface area contributed by atoms with E-state index in [4.69, 9.17) is 20.6 Å². The molecule has 5 aromatic rings. The monoisotopic (exact) mass is 609 g/mol. The molecule has 0 radical (unpaired) electrons. The molecule has 3 aromatic heterocycles. The molecule has 1 aliphatic rings. The van der Waals surface area contributed by atoms with E-state index in [0.29, 0.717) is 22.8 Å². The lowest BCUT2D eigenvalue weighted by atomic mass is 10.0. The van der Waals surface area contributed by atoms with Gasteiger partial charge >= 0.3 is 6.36 Å². The zero-order valence-electron chi connectivity index (χ0n) is 24.4. The van der Waals surface area contributed by atoms with Crippen LogP contribution in [0.1, 0.15) is 48.7 Å². The van der Waals surface area contributed by atoms with E-state index in [9.17, 15) is 23.1 Å². The predicted molar refractivity (Wildman–Crippen MR) is 155 cm³/mol. The Kier molecular flexibility index (Phi) is 6.91. The summed E-state index contributed by atoms with van der Waals surface area (Å²) in [5.74, 6) is -0.723. The van der Waals surface area contributed by atoms with Crippen molar-refractivity contribution in [1.29, 1.82) is 0 Å². The summed E-state index contributed by atoms with van der Waals surface area (Å²) in [6.07, 6.45) is 0.370. The predicted octanol–water partition coefficient (Wildman–Crippen LogP) is 4.94. The molecule has 0 unspecified atom stereocenters. The molecular weight excluding hydrogens is 579 g/mol. The number of amides is 1. The number of halogens is 3. The van der Waals surface area contributed by atoms with Crippen molar-refractivity contribution >= 4 is 16.8 Å². The Morgan fingerprint density at radius 1 is 1.11 bits per heavy atom. The molecule has 1 aliphatic carbocycles. The molecule has 0 spiro atoms. The summed E-state index contributed by atoms with van der Waals surface area (Å²) >= 11 is 0. The number of carbonyl (C=O) groups excluding carboxylic acids is 1. The first kappa shape index (κ1) is 29.2. The standard InChI is InChI=1S/C30H30F3N7O4/c1-29(2,42)15-39-14-22(28(37-39)43-4)40-13-20-18(6-5-7-21(20)36-40)24-25(16-8-9-16)38(3)27(35-24)19-11-10-17(26(34)41)12-23(19)44-30(31,32)33/h5-7,10-14,16,42H,8-9,15H2,1-4H3,(H2,34,41). The van der Waals surface area contributed by atoms with Crippen molar-refractivity contribution in [3.8, 4) is 40.0 Å². The number of aromatic nitrogens is 6. The number of ether oxygens (including phenoxy) is 2. The quantitative estimate of drug-likeness (QED) is 0.242. The number of rotatable bonds is 9. The van der Waals surface area contributed by atoms with Crippen LogP contribution in [-0.4, -0.2) is 59.2 Å². The highest BCUT2D eigenvalue weighted by molar-refractivity contribution is 5.96. The van der Waals surface area contributed by atoms with E-state index in [1.54, 1.807) is 41.0 Å². The number of alkyl halides is 3. The molecule has 0 aliphatic heterocycles. The molecular formula is C30H30F3N7O4. The summed E-state index contributed by atoms with van der Waals surface area (Å²) < 4.78 is 55.1. The molecule has 0 atom stereocenters. The van der Waals surface area contributed by atoms with Gasteiger partial charge in [-0.2, -0.15) is 5.10 Å². The van der Waals surface area contributed by atoms with Crippen LogP contribution in [0.3, 0.4) is 0 Å². The highest BCUT2D eigenvalue weighted by Gasteiger charge is 2.36. The number of benzene rings is 2. The highest BCUT2D eigenvalue weighted by atomic mass is 19.4. The zero-order chi connectivity index (χ0) is 31.6. The van der Waals surface area contributed by atoms with Gasteiger partial charge in [-0.05, 0) is 51.0 Å². The average molecular weight is 610 g/mol. The Hall–Kier alpha value is -4.85. The van der Waals surface area contributed by atoms with Crippen LogP contribution in [0.25, 0.3) is 39.2 Å². The van der Waals surface area contributed by atoms with Crippen LogP contribution >= 0.6 is 0 Å². The van der Waals surface area contributed by atoms with E-state index in [-0.39, 0.29) is 29.4 Å². The lowest BCUT2D eigenvalue weighted by Gasteiger charge is -2.16. The summed E-state index contributed by atoms with van der Waals surface area (Å²) in [6, 6.07) is 9.27. The number of hydrogen-bond donors (Lipinski definition) is 2. The maximum absolute atomic E-state index is 13.4. The van der Waals surface area contributed by atoms with Gasteiger partial charge in [-0.1, -0.05) is 12.1 Å². The van der Waals surface area contributed by atoms with Gasteiger partial charge in [0.05, 0.1) is 42.2 Å². The third-order valence-electron chi connectivity index (χ3n) is 7.34. The van der Waals surface area contributed by atoms with Crippen LogP contribution in [0, 0.1) is 0 Å². The Morgan fingerprint density at radius 3 is 2.50 bits per heavy atom. The Morgan fingerprint density at radius 2 is 1.86 bits per heavy atom. The van der Waals surface area contributed by atoms with Gasteiger partial charge in [-0.3, -0.25) is 9.48 Å². The van der Waals surface area contributed by atoms with Crippen LogP contribution in [0.2, 0.25) is 0 Å². The maximum atomic E-state index is 13.4. The Labute approximate surface area is 249 Å².